The van der Waals surface area contributed by atoms with Crippen LogP contribution >= 0.6 is 22.6 Å². The quantitative estimate of drug-likeness (QED) is 0.536. The van der Waals surface area contributed by atoms with Crippen LogP contribution in [0.4, 0.5) is 0 Å². The first kappa shape index (κ1) is 18.9. The van der Waals surface area contributed by atoms with Gasteiger partial charge in [-0.15, -0.1) is 0 Å². The van der Waals surface area contributed by atoms with E-state index in [4.69, 9.17) is 4.74 Å². The highest BCUT2D eigenvalue weighted by atomic mass is 127. The number of aryl methyl sites for hydroxylation is 1. The maximum Gasteiger partial charge on any atom is 0.306 e. The molecule has 1 aromatic rings. The summed E-state index contributed by atoms with van der Waals surface area (Å²) in [5.41, 5.74) is 0.584. The van der Waals surface area contributed by atoms with Crippen LogP contribution in [-0.2, 0) is 20.7 Å². The van der Waals surface area contributed by atoms with Crippen LogP contribution in [0.5, 0.6) is 0 Å². The molecule has 0 spiro atoms. The molecule has 122 valence electrons. The van der Waals surface area contributed by atoms with Gasteiger partial charge in [0.05, 0.1) is 5.92 Å². The van der Waals surface area contributed by atoms with Gasteiger partial charge in [0.15, 0.2) is 0 Å². The Kier molecular flexibility index (Phi) is 7.32. The lowest BCUT2D eigenvalue weighted by atomic mass is 9.95. The maximum absolute atomic E-state index is 11.7. The number of hydrogen-bond acceptors (Lipinski definition) is 3. The second kappa shape index (κ2) is 8.50. The molecule has 4 nitrogen and oxygen atoms in total. The number of carboxylic acids is 1. The molecule has 0 amide bonds. The zero-order valence-electron chi connectivity index (χ0n) is 13.3. The minimum atomic E-state index is -0.853. The summed E-state index contributed by atoms with van der Waals surface area (Å²) in [6.45, 7) is 5.41. The summed E-state index contributed by atoms with van der Waals surface area (Å²) in [7, 11) is 0. The van der Waals surface area contributed by atoms with Gasteiger partial charge in [-0.2, -0.15) is 0 Å². The van der Waals surface area contributed by atoms with Crippen molar-refractivity contribution in [2.24, 2.45) is 5.92 Å². The molecular weight excluding hydrogens is 395 g/mol. The molecule has 0 aliphatic heterocycles. The average Bonchev–Trinajstić information content (AvgIpc) is 2.38. The first-order chi connectivity index (χ1) is 10.2. The molecule has 0 fully saturated rings. The van der Waals surface area contributed by atoms with Crippen molar-refractivity contribution in [3.63, 3.8) is 0 Å². The van der Waals surface area contributed by atoms with E-state index < -0.39 is 17.5 Å². The SMILES string of the molecule is CC(C)(C)OC(=O)CC[C@@H](CCc1ccc(I)cc1)C(=O)O. The van der Waals surface area contributed by atoms with Crippen LogP contribution in [0.2, 0.25) is 0 Å². The van der Waals surface area contributed by atoms with Gasteiger partial charge < -0.3 is 9.84 Å². The van der Waals surface area contributed by atoms with Gasteiger partial charge in [-0.3, -0.25) is 9.59 Å². The van der Waals surface area contributed by atoms with E-state index in [1.54, 1.807) is 20.8 Å². The van der Waals surface area contributed by atoms with Gasteiger partial charge in [-0.1, -0.05) is 12.1 Å². The third-order valence-corrected chi connectivity index (χ3v) is 3.88. The lowest BCUT2D eigenvalue weighted by molar-refractivity contribution is -0.155. The summed E-state index contributed by atoms with van der Waals surface area (Å²) < 4.78 is 6.36. The molecular formula is C17H23IO4. The predicted octanol–water partition coefficient (Wildman–Crippen LogP) is 4.05. The molecule has 0 aromatic heterocycles. The number of ether oxygens (including phenoxy) is 1. The minimum Gasteiger partial charge on any atom is -0.481 e. The van der Waals surface area contributed by atoms with Crippen molar-refractivity contribution in [1.29, 1.82) is 0 Å². The van der Waals surface area contributed by atoms with Gasteiger partial charge in [0.25, 0.3) is 0 Å². The van der Waals surface area contributed by atoms with Crippen LogP contribution in [0.15, 0.2) is 24.3 Å². The molecule has 1 rings (SSSR count). The number of carboxylic acid groups (broad SMARTS) is 1. The number of hydrogen-bond donors (Lipinski definition) is 1. The van der Waals surface area contributed by atoms with E-state index in [1.165, 1.54) is 0 Å². The summed E-state index contributed by atoms with van der Waals surface area (Å²) in [6.07, 6.45) is 1.68. The zero-order valence-corrected chi connectivity index (χ0v) is 15.4. The normalized spacial score (nSPS) is 12.7. The van der Waals surface area contributed by atoms with Crippen molar-refractivity contribution < 1.29 is 19.4 Å². The maximum atomic E-state index is 11.7. The third kappa shape index (κ3) is 7.77. The molecule has 0 unspecified atom stereocenters. The van der Waals surface area contributed by atoms with Crippen LogP contribution in [0.1, 0.15) is 45.6 Å². The first-order valence-corrected chi connectivity index (χ1v) is 8.44. The first-order valence-electron chi connectivity index (χ1n) is 7.36. The fraction of sp³-hybridized carbons (Fsp3) is 0.529. The van der Waals surface area contributed by atoms with Crippen LogP contribution in [0.3, 0.4) is 0 Å². The van der Waals surface area contributed by atoms with Gasteiger partial charge in [0, 0.05) is 9.99 Å². The van der Waals surface area contributed by atoms with Crippen LogP contribution in [0.25, 0.3) is 0 Å². The number of benzene rings is 1. The lowest BCUT2D eigenvalue weighted by Gasteiger charge is -2.20. The highest BCUT2D eigenvalue weighted by Gasteiger charge is 2.21. The molecule has 0 radical (unpaired) electrons. The van der Waals surface area contributed by atoms with E-state index in [2.05, 4.69) is 22.6 Å². The summed E-state index contributed by atoms with van der Waals surface area (Å²) in [4.78, 5) is 23.0. The molecule has 0 saturated carbocycles. The number of carbonyl (C=O) groups excluding carboxylic acids is 1. The number of rotatable bonds is 7. The van der Waals surface area contributed by atoms with Gasteiger partial charge in [-0.25, -0.2) is 0 Å². The Morgan fingerprint density at radius 3 is 2.27 bits per heavy atom. The number of aliphatic carboxylic acids is 1. The lowest BCUT2D eigenvalue weighted by Crippen LogP contribution is -2.25. The van der Waals surface area contributed by atoms with Crippen LogP contribution < -0.4 is 0 Å². The Bertz CT molecular complexity index is 502. The van der Waals surface area contributed by atoms with E-state index in [9.17, 15) is 14.7 Å². The molecule has 0 aliphatic rings. The summed E-state index contributed by atoms with van der Waals surface area (Å²) in [5.74, 6) is -1.71. The molecule has 22 heavy (non-hydrogen) atoms. The molecule has 1 atom stereocenters. The average molecular weight is 418 g/mol. The predicted molar refractivity (Wildman–Crippen MR) is 93.7 cm³/mol. The fourth-order valence-corrected chi connectivity index (χ4v) is 2.43. The molecule has 1 N–H and O–H groups in total. The van der Waals surface area contributed by atoms with Crippen LogP contribution in [0, 0.1) is 9.49 Å². The van der Waals surface area contributed by atoms with Crippen molar-refractivity contribution in [2.75, 3.05) is 0 Å². The minimum absolute atomic E-state index is 0.140. The number of halogens is 1. The van der Waals surface area contributed by atoms with E-state index in [-0.39, 0.29) is 12.4 Å². The number of esters is 1. The molecule has 5 heteroatoms. The van der Waals surface area contributed by atoms with E-state index >= 15 is 0 Å². The van der Waals surface area contributed by atoms with E-state index in [0.717, 1.165) is 9.13 Å². The summed E-state index contributed by atoms with van der Waals surface area (Å²) >= 11 is 2.23. The van der Waals surface area contributed by atoms with Crippen molar-refractivity contribution in [1.82, 2.24) is 0 Å². The third-order valence-electron chi connectivity index (χ3n) is 3.16. The fourth-order valence-electron chi connectivity index (χ4n) is 2.07. The second-order valence-corrected chi connectivity index (χ2v) is 7.57. The molecule has 0 saturated heterocycles. The smallest absolute Gasteiger partial charge is 0.306 e. The van der Waals surface area contributed by atoms with Crippen molar-refractivity contribution in [3.05, 3.63) is 33.4 Å². The van der Waals surface area contributed by atoms with Gasteiger partial charge in [-0.05, 0) is 80.3 Å². The monoisotopic (exact) mass is 418 g/mol. The van der Waals surface area contributed by atoms with E-state index in [1.807, 2.05) is 24.3 Å². The highest BCUT2D eigenvalue weighted by Crippen LogP contribution is 2.18. The molecule has 0 bridgehead atoms. The number of carbonyl (C=O) groups is 2. The summed E-state index contributed by atoms with van der Waals surface area (Å²) in [6, 6.07) is 8.03. The highest BCUT2D eigenvalue weighted by molar-refractivity contribution is 14.1. The Hall–Kier alpha value is -1.11. The summed E-state index contributed by atoms with van der Waals surface area (Å²) in [5, 5.41) is 9.29. The Balaban J connectivity index is 2.47. The molecule has 0 aliphatic carbocycles. The van der Waals surface area contributed by atoms with Crippen molar-refractivity contribution >= 4 is 34.5 Å². The molecule has 0 heterocycles. The Morgan fingerprint density at radius 1 is 1.18 bits per heavy atom. The standard InChI is InChI=1S/C17H23IO4/c1-17(2,3)22-15(19)11-8-13(16(20)21)7-4-12-5-9-14(18)10-6-12/h5-6,9-10,13H,4,7-8,11H2,1-3H3,(H,20,21)/t13-/m1/s1. The van der Waals surface area contributed by atoms with Crippen molar-refractivity contribution in [3.8, 4) is 0 Å². The van der Waals surface area contributed by atoms with Crippen molar-refractivity contribution in [2.45, 2.75) is 52.1 Å². The van der Waals surface area contributed by atoms with Gasteiger partial charge >= 0.3 is 11.9 Å². The molecule has 1 aromatic carbocycles. The van der Waals surface area contributed by atoms with Gasteiger partial charge in [0.2, 0.25) is 0 Å². The largest absolute Gasteiger partial charge is 0.481 e. The topological polar surface area (TPSA) is 63.6 Å². The second-order valence-electron chi connectivity index (χ2n) is 6.33. The van der Waals surface area contributed by atoms with E-state index in [0.29, 0.717) is 19.3 Å². The van der Waals surface area contributed by atoms with Gasteiger partial charge in [0.1, 0.15) is 5.60 Å². The van der Waals surface area contributed by atoms with Crippen LogP contribution in [-0.4, -0.2) is 22.6 Å². The Labute approximate surface area is 145 Å². The zero-order chi connectivity index (χ0) is 16.8. The Morgan fingerprint density at radius 2 is 1.77 bits per heavy atom.